The lowest BCUT2D eigenvalue weighted by Gasteiger charge is -2.36. The fourth-order valence-corrected chi connectivity index (χ4v) is 1.30. The molecule has 0 saturated carbocycles. The number of halogens is 2. The lowest BCUT2D eigenvalue weighted by molar-refractivity contribution is 0.139. The van der Waals surface area contributed by atoms with E-state index in [2.05, 4.69) is 9.97 Å². The van der Waals surface area contributed by atoms with Gasteiger partial charge in [-0.3, -0.25) is 0 Å². The van der Waals surface area contributed by atoms with Crippen LogP contribution in [0.4, 0.5) is 14.6 Å². The Balaban J connectivity index is 2.14. The third-order valence-corrected chi connectivity index (χ3v) is 2.08. The smallest absolute Gasteiger partial charge is 0.280 e. The lowest BCUT2D eigenvalue weighted by atomic mass is 10.2. The average Bonchev–Trinajstić information content (AvgIpc) is 2.13. The number of alkyl halides is 2. The number of β-amino-alcohol motifs (C(OH)–C–C–N with tert-alkyl or cyclic N) is 1. The molecule has 0 spiro atoms. The van der Waals surface area contributed by atoms with Gasteiger partial charge in [0.2, 0.25) is 0 Å². The predicted molar refractivity (Wildman–Crippen MR) is 45.2 cm³/mol. The van der Waals surface area contributed by atoms with E-state index in [4.69, 9.17) is 5.11 Å². The zero-order valence-corrected chi connectivity index (χ0v) is 7.27. The number of anilines is 1. The first kappa shape index (κ1) is 9.26. The molecule has 1 fully saturated rings. The Morgan fingerprint density at radius 3 is 2.71 bits per heavy atom. The van der Waals surface area contributed by atoms with Gasteiger partial charge in [0.15, 0.2) is 0 Å². The summed E-state index contributed by atoms with van der Waals surface area (Å²) in [6.07, 6.45) is -1.84. The van der Waals surface area contributed by atoms with Crippen molar-refractivity contribution >= 4 is 5.82 Å². The summed E-state index contributed by atoms with van der Waals surface area (Å²) in [5.74, 6) is 0.445. The predicted octanol–water partition coefficient (Wildman–Crippen LogP) is 0.595. The van der Waals surface area contributed by atoms with Crippen LogP contribution in [0.3, 0.4) is 0 Å². The largest absolute Gasteiger partial charge is 0.389 e. The van der Waals surface area contributed by atoms with E-state index in [0.717, 1.165) is 6.33 Å². The second-order valence-corrected chi connectivity index (χ2v) is 3.16. The molecule has 1 aliphatic heterocycles. The third-order valence-electron chi connectivity index (χ3n) is 2.08. The number of hydrogen-bond donors (Lipinski definition) is 1. The van der Waals surface area contributed by atoms with Gasteiger partial charge < -0.3 is 10.0 Å². The molecule has 0 aromatic carbocycles. The summed E-state index contributed by atoms with van der Waals surface area (Å²) in [6, 6.07) is 1.25. The number of aromatic nitrogens is 2. The van der Waals surface area contributed by atoms with Crippen molar-refractivity contribution in [1.82, 2.24) is 9.97 Å². The SMILES string of the molecule is OC1CN(c2cc(C(F)F)ncn2)C1. The minimum atomic E-state index is -2.58. The van der Waals surface area contributed by atoms with Crippen LogP contribution in [-0.2, 0) is 0 Å². The second kappa shape index (κ2) is 3.45. The van der Waals surface area contributed by atoms with Crippen LogP contribution in [-0.4, -0.2) is 34.3 Å². The first-order chi connectivity index (χ1) is 6.66. The van der Waals surface area contributed by atoms with E-state index in [-0.39, 0.29) is 11.8 Å². The van der Waals surface area contributed by atoms with Crippen LogP contribution in [0, 0.1) is 0 Å². The molecule has 6 heteroatoms. The monoisotopic (exact) mass is 201 g/mol. The van der Waals surface area contributed by atoms with Crippen LogP contribution in [0.2, 0.25) is 0 Å². The van der Waals surface area contributed by atoms with Gasteiger partial charge in [-0.1, -0.05) is 0 Å². The van der Waals surface area contributed by atoms with E-state index in [1.807, 2.05) is 0 Å². The van der Waals surface area contributed by atoms with Crippen molar-refractivity contribution in [1.29, 1.82) is 0 Å². The van der Waals surface area contributed by atoms with Crippen LogP contribution < -0.4 is 4.90 Å². The number of hydrogen-bond acceptors (Lipinski definition) is 4. The number of aliphatic hydroxyl groups excluding tert-OH is 1. The van der Waals surface area contributed by atoms with Crippen molar-refractivity contribution < 1.29 is 13.9 Å². The Morgan fingerprint density at radius 1 is 1.43 bits per heavy atom. The summed E-state index contributed by atoms with van der Waals surface area (Å²) in [5, 5.41) is 9.02. The molecule has 2 heterocycles. The molecular weight excluding hydrogens is 192 g/mol. The van der Waals surface area contributed by atoms with Gasteiger partial charge in [0.05, 0.1) is 6.10 Å². The Kier molecular flexibility index (Phi) is 2.28. The van der Waals surface area contributed by atoms with E-state index in [1.54, 1.807) is 4.90 Å². The Morgan fingerprint density at radius 2 is 2.14 bits per heavy atom. The average molecular weight is 201 g/mol. The van der Waals surface area contributed by atoms with Crippen molar-refractivity contribution in [2.45, 2.75) is 12.5 Å². The molecule has 0 aliphatic carbocycles. The Labute approximate surface area is 79.2 Å². The van der Waals surface area contributed by atoms with Crippen molar-refractivity contribution in [2.24, 2.45) is 0 Å². The lowest BCUT2D eigenvalue weighted by Crippen LogP contribution is -2.51. The molecule has 0 atom stereocenters. The summed E-state index contributed by atoms with van der Waals surface area (Å²) in [4.78, 5) is 9.02. The van der Waals surface area contributed by atoms with Gasteiger partial charge in [-0.2, -0.15) is 0 Å². The number of rotatable bonds is 2. The van der Waals surface area contributed by atoms with Gasteiger partial charge in [0, 0.05) is 19.2 Å². The maximum atomic E-state index is 12.3. The third kappa shape index (κ3) is 1.65. The minimum Gasteiger partial charge on any atom is -0.389 e. The fourth-order valence-electron chi connectivity index (χ4n) is 1.30. The maximum absolute atomic E-state index is 12.3. The molecule has 0 unspecified atom stereocenters. The fraction of sp³-hybridized carbons (Fsp3) is 0.500. The molecule has 1 aromatic rings. The van der Waals surface area contributed by atoms with Gasteiger partial charge in [0.1, 0.15) is 17.8 Å². The molecule has 1 aromatic heterocycles. The zero-order valence-electron chi connectivity index (χ0n) is 7.27. The van der Waals surface area contributed by atoms with E-state index in [0.29, 0.717) is 18.9 Å². The minimum absolute atomic E-state index is 0.281. The van der Waals surface area contributed by atoms with Gasteiger partial charge in [0.25, 0.3) is 6.43 Å². The van der Waals surface area contributed by atoms with Crippen molar-refractivity contribution in [3.8, 4) is 0 Å². The highest BCUT2D eigenvalue weighted by Crippen LogP contribution is 2.22. The number of nitrogens with zero attached hydrogens (tertiary/aromatic N) is 3. The van der Waals surface area contributed by atoms with Gasteiger partial charge in [-0.05, 0) is 0 Å². The van der Waals surface area contributed by atoms with Crippen molar-refractivity contribution in [2.75, 3.05) is 18.0 Å². The molecule has 0 radical (unpaired) electrons. The Bertz CT molecular complexity index is 328. The number of aliphatic hydroxyl groups is 1. The topological polar surface area (TPSA) is 49.2 Å². The summed E-state index contributed by atoms with van der Waals surface area (Å²) in [5.41, 5.74) is -0.281. The van der Waals surface area contributed by atoms with Crippen molar-refractivity contribution in [3.63, 3.8) is 0 Å². The first-order valence-electron chi connectivity index (χ1n) is 4.20. The standard InChI is InChI=1S/C8H9F2N3O/c9-8(10)6-1-7(12-4-11-6)13-2-5(14)3-13/h1,4-5,8,14H,2-3H2. The quantitative estimate of drug-likeness (QED) is 0.761. The van der Waals surface area contributed by atoms with Gasteiger partial charge in [-0.15, -0.1) is 0 Å². The molecule has 0 bridgehead atoms. The van der Waals surface area contributed by atoms with Crippen LogP contribution in [0.1, 0.15) is 12.1 Å². The second-order valence-electron chi connectivity index (χ2n) is 3.16. The highest BCUT2D eigenvalue weighted by atomic mass is 19.3. The highest BCUT2D eigenvalue weighted by Gasteiger charge is 2.26. The molecule has 1 saturated heterocycles. The maximum Gasteiger partial charge on any atom is 0.280 e. The summed E-state index contributed by atoms with van der Waals surface area (Å²) in [7, 11) is 0. The van der Waals surface area contributed by atoms with Crippen molar-refractivity contribution in [3.05, 3.63) is 18.1 Å². The van der Waals surface area contributed by atoms with E-state index < -0.39 is 6.43 Å². The van der Waals surface area contributed by atoms with Crippen LogP contribution in [0.5, 0.6) is 0 Å². The molecule has 1 N–H and O–H groups in total. The molecule has 0 amide bonds. The van der Waals surface area contributed by atoms with Crippen LogP contribution in [0.25, 0.3) is 0 Å². The van der Waals surface area contributed by atoms with E-state index >= 15 is 0 Å². The van der Waals surface area contributed by atoms with Crippen LogP contribution in [0.15, 0.2) is 12.4 Å². The highest BCUT2D eigenvalue weighted by molar-refractivity contribution is 5.42. The molecule has 4 nitrogen and oxygen atoms in total. The summed E-state index contributed by atoms with van der Waals surface area (Å²) >= 11 is 0. The van der Waals surface area contributed by atoms with E-state index in [9.17, 15) is 8.78 Å². The van der Waals surface area contributed by atoms with Crippen LogP contribution >= 0.6 is 0 Å². The normalized spacial score (nSPS) is 17.3. The Hall–Kier alpha value is -1.30. The summed E-state index contributed by atoms with van der Waals surface area (Å²) < 4.78 is 24.5. The first-order valence-corrected chi connectivity index (χ1v) is 4.20. The van der Waals surface area contributed by atoms with E-state index in [1.165, 1.54) is 6.07 Å². The van der Waals surface area contributed by atoms with Gasteiger partial charge >= 0.3 is 0 Å². The summed E-state index contributed by atoms with van der Waals surface area (Å²) in [6.45, 7) is 0.888. The molecule has 76 valence electrons. The molecule has 14 heavy (non-hydrogen) atoms. The molecule has 1 aliphatic rings. The molecule has 2 rings (SSSR count). The zero-order chi connectivity index (χ0) is 10.1. The molecular formula is C8H9F2N3O. The van der Waals surface area contributed by atoms with Gasteiger partial charge in [-0.25, -0.2) is 18.7 Å².